The second kappa shape index (κ2) is 10.5. The Balaban J connectivity index is 1.53. The first-order chi connectivity index (χ1) is 17.5. The highest BCUT2D eigenvalue weighted by molar-refractivity contribution is 7.80. The highest BCUT2D eigenvalue weighted by Crippen LogP contribution is 2.43. The zero-order valence-electron chi connectivity index (χ0n) is 19.5. The lowest BCUT2D eigenvalue weighted by atomic mass is 9.98. The molecule has 2 aromatic carbocycles. The summed E-state index contributed by atoms with van der Waals surface area (Å²) >= 11 is 12.4. The molecule has 2 atom stereocenters. The number of halogens is 1. The van der Waals surface area contributed by atoms with Gasteiger partial charge in [0.25, 0.3) is 0 Å². The summed E-state index contributed by atoms with van der Waals surface area (Å²) in [5.41, 5.74) is 4.33. The normalized spacial score (nSPS) is 17.2. The van der Waals surface area contributed by atoms with Gasteiger partial charge in [-0.25, -0.2) is 0 Å². The van der Waals surface area contributed by atoms with Gasteiger partial charge >= 0.3 is 0 Å². The van der Waals surface area contributed by atoms with Crippen LogP contribution in [-0.2, 0) is 9.53 Å². The fourth-order valence-corrected chi connectivity index (χ4v) is 4.96. The number of anilines is 2. The number of aromatic nitrogens is 2. The van der Waals surface area contributed by atoms with E-state index in [1.165, 1.54) is 7.11 Å². The second-order valence-corrected chi connectivity index (χ2v) is 9.12. The van der Waals surface area contributed by atoms with Gasteiger partial charge in [-0.1, -0.05) is 35.9 Å². The molecule has 0 bridgehead atoms. The topological polar surface area (TPSA) is 71.4 Å². The van der Waals surface area contributed by atoms with E-state index in [1.807, 2.05) is 53.6 Å². The van der Waals surface area contributed by atoms with Gasteiger partial charge in [0.15, 0.2) is 5.11 Å². The molecular weight excluding hydrogens is 494 g/mol. The minimum Gasteiger partial charge on any atom is -0.375 e. The van der Waals surface area contributed by atoms with Crippen LogP contribution in [0, 0.1) is 0 Å². The van der Waals surface area contributed by atoms with Crippen LogP contribution in [0.3, 0.4) is 0 Å². The highest BCUT2D eigenvalue weighted by Gasteiger charge is 2.41. The molecule has 0 spiro atoms. The molecular formula is C27H24ClN5O2S. The molecule has 0 radical (unpaired) electrons. The number of benzene rings is 2. The number of pyridine rings is 1. The number of ether oxygens (including phenoxy) is 1. The van der Waals surface area contributed by atoms with Crippen molar-refractivity contribution in [3.8, 4) is 5.69 Å². The Morgan fingerprint density at radius 3 is 2.64 bits per heavy atom. The summed E-state index contributed by atoms with van der Waals surface area (Å²) in [4.78, 5) is 18.6. The minimum atomic E-state index is -0.277. The van der Waals surface area contributed by atoms with Gasteiger partial charge in [-0.05, 0) is 66.3 Å². The molecule has 0 aliphatic carbocycles. The molecule has 182 valence electrons. The number of methoxy groups -OCH3 is 1. The van der Waals surface area contributed by atoms with E-state index in [-0.39, 0.29) is 24.6 Å². The Kier molecular flexibility index (Phi) is 6.99. The van der Waals surface area contributed by atoms with Crippen molar-refractivity contribution in [2.45, 2.75) is 12.1 Å². The third kappa shape index (κ3) is 4.83. The molecule has 4 aromatic rings. The molecule has 0 unspecified atom stereocenters. The molecule has 2 aromatic heterocycles. The molecule has 0 saturated carbocycles. The number of nitrogens with one attached hydrogen (secondary N) is 2. The number of carbonyl (C=O) groups is 1. The van der Waals surface area contributed by atoms with E-state index < -0.39 is 0 Å². The van der Waals surface area contributed by atoms with Gasteiger partial charge in [0, 0.05) is 37.1 Å². The summed E-state index contributed by atoms with van der Waals surface area (Å²) in [6.45, 7) is -0.0511. The van der Waals surface area contributed by atoms with Crippen molar-refractivity contribution < 1.29 is 9.53 Å². The summed E-state index contributed by atoms with van der Waals surface area (Å²) in [5, 5.41) is 7.19. The number of hydrogen-bond donors (Lipinski definition) is 2. The van der Waals surface area contributed by atoms with E-state index in [4.69, 9.17) is 28.6 Å². The van der Waals surface area contributed by atoms with Crippen LogP contribution in [0.5, 0.6) is 0 Å². The quantitative estimate of drug-likeness (QED) is 0.325. The van der Waals surface area contributed by atoms with Crippen LogP contribution < -0.4 is 15.5 Å². The van der Waals surface area contributed by atoms with Crippen molar-refractivity contribution in [2.24, 2.45) is 0 Å². The van der Waals surface area contributed by atoms with Crippen LogP contribution in [0.15, 0.2) is 91.4 Å². The van der Waals surface area contributed by atoms with Crippen LogP contribution >= 0.6 is 23.8 Å². The van der Waals surface area contributed by atoms with Crippen LogP contribution in [0.2, 0.25) is 5.02 Å². The molecule has 5 rings (SSSR count). The lowest BCUT2D eigenvalue weighted by Gasteiger charge is -2.27. The van der Waals surface area contributed by atoms with Crippen molar-refractivity contribution in [1.82, 2.24) is 14.9 Å². The summed E-state index contributed by atoms with van der Waals surface area (Å²) in [7, 11) is 1.47. The number of nitrogens with zero attached hydrogens (tertiary/aromatic N) is 3. The van der Waals surface area contributed by atoms with Crippen molar-refractivity contribution in [1.29, 1.82) is 0 Å². The number of para-hydroxylation sites is 1. The van der Waals surface area contributed by atoms with Crippen molar-refractivity contribution >= 4 is 46.2 Å². The number of rotatable bonds is 7. The first-order valence-electron chi connectivity index (χ1n) is 11.4. The highest BCUT2D eigenvalue weighted by atomic mass is 35.5. The van der Waals surface area contributed by atoms with E-state index in [2.05, 4.69) is 44.6 Å². The van der Waals surface area contributed by atoms with Crippen LogP contribution in [-0.4, -0.2) is 34.3 Å². The van der Waals surface area contributed by atoms with Gasteiger partial charge in [0.2, 0.25) is 5.91 Å². The van der Waals surface area contributed by atoms with Crippen LogP contribution in [0.4, 0.5) is 11.4 Å². The lowest BCUT2D eigenvalue weighted by molar-refractivity contribution is -0.119. The third-order valence-corrected chi connectivity index (χ3v) is 6.62. The number of amides is 1. The average molecular weight is 518 g/mol. The summed E-state index contributed by atoms with van der Waals surface area (Å²) < 4.78 is 6.98. The fourth-order valence-electron chi connectivity index (χ4n) is 4.39. The predicted molar refractivity (Wildman–Crippen MR) is 146 cm³/mol. The maximum atomic E-state index is 12.0. The number of thiocarbonyl (C=S) groups is 1. The molecule has 7 nitrogen and oxygen atoms in total. The summed E-state index contributed by atoms with van der Waals surface area (Å²) in [5.74, 6) is -0.277. The van der Waals surface area contributed by atoms with E-state index in [1.54, 1.807) is 18.3 Å². The summed E-state index contributed by atoms with van der Waals surface area (Å²) in [6.07, 6.45) is 5.93. The maximum Gasteiger partial charge on any atom is 0.250 e. The molecule has 3 heterocycles. The molecule has 9 heteroatoms. The lowest BCUT2D eigenvalue weighted by Crippen LogP contribution is -2.29. The van der Waals surface area contributed by atoms with Gasteiger partial charge in [-0.3, -0.25) is 9.78 Å². The van der Waals surface area contributed by atoms with Crippen LogP contribution in [0.1, 0.15) is 23.3 Å². The Bertz CT molecular complexity index is 1380. The Hall–Kier alpha value is -3.72. The van der Waals surface area contributed by atoms with E-state index in [9.17, 15) is 4.79 Å². The molecule has 1 amide bonds. The smallest absolute Gasteiger partial charge is 0.250 e. The van der Waals surface area contributed by atoms with E-state index >= 15 is 0 Å². The first kappa shape index (κ1) is 24.0. The van der Waals surface area contributed by atoms with E-state index in [0.29, 0.717) is 15.8 Å². The van der Waals surface area contributed by atoms with Gasteiger partial charge < -0.3 is 24.8 Å². The van der Waals surface area contributed by atoms with Crippen molar-refractivity contribution in [3.05, 3.63) is 108 Å². The Labute approximate surface area is 219 Å². The largest absolute Gasteiger partial charge is 0.375 e. The number of carbonyl (C=O) groups excluding carboxylic acids is 1. The average Bonchev–Trinajstić information content (AvgIpc) is 3.51. The Morgan fingerprint density at radius 2 is 1.92 bits per heavy atom. The standard InChI is InChI=1S/C27H24ClN5O2S/c1-35-17-24(34)30-22-11-10-20(15-21(22)28)33-26(25(31-27(33)36)23-9-5-6-13-29-23)18-12-14-32(16-18)19-7-3-2-4-8-19/h2-16,25-26H,17H2,1H3,(H,30,34)(H,31,36)/t25-,26-/m0/s1. The molecule has 1 fully saturated rings. The first-order valence-corrected chi connectivity index (χ1v) is 12.2. The molecule has 36 heavy (non-hydrogen) atoms. The van der Waals surface area contributed by atoms with E-state index in [0.717, 1.165) is 22.6 Å². The predicted octanol–water partition coefficient (Wildman–Crippen LogP) is 5.29. The van der Waals surface area contributed by atoms with Gasteiger partial charge in [0.05, 0.1) is 28.5 Å². The van der Waals surface area contributed by atoms with Gasteiger partial charge in [-0.2, -0.15) is 0 Å². The summed E-state index contributed by atoms with van der Waals surface area (Å²) in [6, 6.07) is 23.2. The van der Waals surface area contributed by atoms with Gasteiger partial charge in [0.1, 0.15) is 6.61 Å². The molecule has 1 aliphatic heterocycles. The fraction of sp³-hybridized carbons (Fsp3) is 0.148. The molecule has 1 aliphatic rings. The second-order valence-electron chi connectivity index (χ2n) is 8.33. The monoisotopic (exact) mass is 517 g/mol. The zero-order chi connectivity index (χ0) is 25.1. The van der Waals surface area contributed by atoms with Gasteiger partial charge in [-0.15, -0.1) is 0 Å². The number of hydrogen-bond acceptors (Lipinski definition) is 4. The zero-order valence-corrected chi connectivity index (χ0v) is 21.0. The molecule has 2 N–H and O–H groups in total. The minimum absolute atomic E-state index is 0.0511. The van der Waals surface area contributed by atoms with Crippen molar-refractivity contribution in [3.63, 3.8) is 0 Å². The van der Waals surface area contributed by atoms with Crippen LogP contribution in [0.25, 0.3) is 5.69 Å². The van der Waals surface area contributed by atoms with Crippen molar-refractivity contribution in [2.75, 3.05) is 23.9 Å². The SMILES string of the molecule is COCC(=O)Nc1ccc(N2C(=S)N[C@@H](c3ccccn3)[C@@H]2c2ccn(-c3ccccc3)c2)cc1Cl. The third-order valence-electron chi connectivity index (χ3n) is 5.99. The molecule has 1 saturated heterocycles. The Morgan fingerprint density at radius 1 is 1.11 bits per heavy atom. The maximum absolute atomic E-state index is 12.0.